The second-order valence-corrected chi connectivity index (χ2v) is 3.64. The summed E-state index contributed by atoms with van der Waals surface area (Å²) in [6.45, 7) is 0. The monoisotopic (exact) mass is 186 g/mol. The molecule has 0 unspecified atom stereocenters. The van der Waals surface area contributed by atoms with Crippen LogP contribution in [0.3, 0.4) is 0 Å². The lowest BCUT2D eigenvalue weighted by Gasteiger charge is -2.23. The Labute approximate surface area is 81.3 Å². The van der Waals surface area contributed by atoms with Crippen LogP contribution in [0.15, 0.2) is 24.4 Å². The van der Waals surface area contributed by atoms with Gasteiger partial charge in [-0.05, 0) is 17.7 Å². The molecule has 14 heavy (non-hydrogen) atoms. The lowest BCUT2D eigenvalue weighted by molar-refractivity contribution is -0.117. The van der Waals surface area contributed by atoms with E-state index >= 15 is 0 Å². The number of nitrogens with zero attached hydrogens (tertiary/aromatic N) is 1. The Kier molecular flexibility index (Phi) is 1.29. The van der Waals surface area contributed by atoms with E-state index in [-0.39, 0.29) is 5.91 Å². The molecule has 1 aromatic carbocycles. The summed E-state index contributed by atoms with van der Waals surface area (Å²) in [5.41, 5.74) is 3.23. The molecule has 1 N–H and O–H groups in total. The van der Waals surface area contributed by atoms with E-state index in [0.29, 0.717) is 6.42 Å². The highest BCUT2D eigenvalue weighted by Gasteiger charge is 2.23. The van der Waals surface area contributed by atoms with Gasteiger partial charge in [0.25, 0.3) is 0 Å². The van der Waals surface area contributed by atoms with Gasteiger partial charge in [-0.25, -0.2) is 0 Å². The highest BCUT2D eigenvalue weighted by Crippen LogP contribution is 2.33. The van der Waals surface area contributed by atoms with Gasteiger partial charge in [-0.3, -0.25) is 4.79 Å². The molecule has 1 aromatic heterocycles. The van der Waals surface area contributed by atoms with E-state index in [2.05, 4.69) is 4.98 Å². The molecule has 0 saturated heterocycles. The van der Waals surface area contributed by atoms with E-state index in [1.165, 1.54) is 5.39 Å². The van der Waals surface area contributed by atoms with Gasteiger partial charge in [0.15, 0.2) is 0 Å². The number of amides is 1. The minimum absolute atomic E-state index is 0.157. The standard InChI is InChI=1S/C11H10N2O/c1-13-9-4-2-3-8-11(9)7(6-12-8)5-10(13)14/h2-4,6,12H,5H2,1H3. The fourth-order valence-corrected chi connectivity index (χ4v) is 2.07. The van der Waals surface area contributed by atoms with Gasteiger partial charge in [-0.15, -0.1) is 0 Å². The predicted molar refractivity (Wildman–Crippen MR) is 55.4 cm³/mol. The molecule has 2 heterocycles. The number of rotatable bonds is 0. The molecule has 1 aliphatic heterocycles. The third kappa shape index (κ3) is 0.789. The van der Waals surface area contributed by atoms with Crippen LogP contribution in [-0.4, -0.2) is 17.9 Å². The Morgan fingerprint density at radius 1 is 1.43 bits per heavy atom. The number of hydrogen-bond donors (Lipinski definition) is 1. The van der Waals surface area contributed by atoms with E-state index in [1.54, 1.807) is 4.90 Å². The molecule has 3 rings (SSSR count). The number of carbonyl (C=O) groups excluding carboxylic acids is 1. The number of aromatic nitrogens is 1. The van der Waals surface area contributed by atoms with Crippen molar-refractivity contribution in [2.75, 3.05) is 11.9 Å². The maximum atomic E-state index is 11.6. The topological polar surface area (TPSA) is 36.1 Å². The number of anilines is 1. The van der Waals surface area contributed by atoms with E-state index in [0.717, 1.165) is 16.8 Å². The second-order valence-electron chi connectivity index (χ2n) is 3.64. The zero-order valence-corrected chi connectivity index (χ0v) is 7.87. The molecule has 1 amide bonds. The summed E-state index contributed by atoms with van der Waals surface area (Å²) in [7, 11) is 1.83. The Bertz CT molecular complexity index is 527. The van der Waals surface area contributed by atoms with Gasteiger partial charge in [0, 0.05) is 24.1 Å². The summed E-state index contributed by atoms with van der Waals surface area (Å²) in [6, 6.07) is 5.98. The van der Waals surface area contributed by atoms with Crippen molar-refractivity contribution in [2.24, 2.45) is 0 Å². The van der Waals surface area contributed by atoms with Crippen molar-refractivity contribution >= 4 is 22.5 Å². The zero-order chi connectivity index (χ0) is 9.71. The predicted octanol–water partition coefficient (Wildman–Crippen LogP) is 1.69. The summed E-state index contributed by atoms with van der Waals surface area (Å²) in [5.74, 6) is 0.157. The van der Waals surface area contributed by atoms with E-state index in [4.69, 9.17) is 0 Å². The average Bonchev–Trinajstić information content (AvgIpc) is 2.59. The SMILES string of the molecule is CN1C(=O)Cc2c[nH]c3cccc1c23. The molecule has 0 saturated carbocycles. The summed E-state index contributed by atoms with van der Waals surface area (Å²) >= 11 is 0. The highest BCUT2D eigenvalue weighted by atomic mass is 16.2. The lowest BCUT2D eigenvalue weighted by Crippen LogP contribution is -2.30. The van der Waals surface area contributed by atoms with Crippen LogP contribution >= 0.6 is 0 Å². The van der Waals surface area contributed by atoms with Crippen LogP contribution in [0, 0.1) is 0 Å². The first-order valence-corrected chi connectivity index (χ1v) is 4.63. The molecule has 0 spiro atoms. The first-order chi connectivity index (χ1) is 6.77. The van der Waals surface area contributed by atoms with Crippen LogP contribution in [0.25, 0.3) is 10.9 Å². The third-order valence-corrected chi connectivity index (χ3v) is 2.84. The van der Waals surface area contributed by atoms with Gasteiger partial charge in [0.2, 0.25) is 5.91 Å². The molecular weight excluding hydrogens is 176 g/mol. The maximum absolute atomic E-state index is 11.6. The lowest BCUT2D eigenvalue weighted by atomic mass is 10.0. The van der Waals surface area contributed by atoms with Crippen molar-refractivity contribution in [1.82, 2.24) is 4.98 Å². The molecule has 1 aliphatic rings. The number of carbonyl (C=O) groups is 1. The largest absolute Gasteiger partial charge is 0.361 e. The molecule has 3 nitrogen and oxygen atoms in total. The number of H-pyrrole nitrogens is 1. The average molecular weight is 186 g/mol. The fourth-order valence-electron chi connectivity index (χ4n) is 2.07. The van der Waals surface area contributed by atoms with Gasteiger partial charge in [-0.2, -0.15) is 0 Å². The van der Waals surface area contributed by atoms with Gasteiger partial charge in [-0.1, -0.05) is 6.07 Å². The van der Waals surface area contributed by atoms with Crippen LogP contribution in [0.2, 0.25) is 0 Å². The fraction of sp³-hybridized carbons (Fsp3) is 0.182. The van der Waals surface area contributed by atoms with Crippen LogP contribution in [0.1, 0.15) is 5.56 Å². The van der Waals surface area contributed by atoms with Crippen molar-refractivity contribution in [3.05, 3.63) is 30.0 Å². The number of nitrogens with one attached hydrogen (secondary N) is 1. The van der Waals surface area contributed by atoms with Gasteiger partial charge < -0.3 is 9.88 Å². The summed E-state index contributed by atoms with van der Waals surface area (Å²) in [5, 5.41) is 1.19. The first kappa shape index (κ1) is 7.62. The van der Waals surface area contributed by atoms with Crippen LogP contribution < -0.4 is 4.90 Å². The zero-order valence-electron chi connectivity index (χ0n) is 7.87. The number of hydrogen-bond acceptors (Lipinski definition) is 1. The molecule has 0 radical (unpaired) electrons. The van der Waals surface area contributed by atoms with Crippen molar-refractivity contribution < 1.29 is 4.79 Å². The molecule has 70 valence electrons. The normalized spacial score (nSPS) is 15.2. The minimum atomic E-state index is 0.157. The van der Waals surface area contributed by atoms with Crippen molar-refractivity contribution in [3.63, 3.8) is 0 Å². The van der Waals surface area contributed by atoms with Gasteiger partial charge in [0.05, 0.1) is 12.1 Å². The Balaban J connectivity index is 2.44. The third-order valence-electron chi connectivity index (χ3n) is 2.84. The first-order valence-electron chi connectivity index (χ1n) is 4.63. The molecule has 0 aliphatic carbocycles. The molecule has 2 aromatic rings. The molecule has 0 bridgehead atoms. The van der Waals surface area contributed by atoms with E-state index in [9.17, 15) is 4.79 Å². The highest BCUT2D eigenvalue weighted by molar-refractivity contribution is 6.09. The van der Waals surface area contributed by atoms with Gasteiger partial charge in [0.1, 0.15) is 0 Å². The quantitative estimate of drug-likeness (QED) is 0.667. The smallest absolute Gasteiger partial charge is 0.231 e. The minimum Gasteiger partial charge on any atom is -0.361 e. The van der Waals surface area contributed by atoms with Crippen LogP contribution in [-0.2, 0) is 11.2 Å². The summed E-state index contributed by atoms with van der Waals surface area (Å²) in [4.78, 5) is 16.5. The Morgan fingerprint density at radius 3 is 3.14 bits per heavy atom. The van der Waals surface area contributed by atoms with E-state index in [1.807, 2.05) is 31.4 Å². The Hall–Kier alpha value is -1.77. The second kappa shape index (κ2) is 2.38. The molecular formula is C11H10N2O. The van der Waals surface area contributed by atoms with Crippen molar-refractivity contribution in [2.45, 2.75) is 6.42 Å². The van der Waals surface area contributed by atoms with Crippen molar-refractivity contribution in [1.29, 1.82) is 0 Å². The number of benzene rings is 1. The van der Waals surface area contributed by atoms with Crippen molar-refractivity contribution in [3.8, 4) is 0 Å². The van der Waals surface area contributed by atoms with E-state index < -0.39 is 0 Å². The van der Waals surface area contributed by atoms with Crippen LogP contribution in [0.4, 0.5) is 5.69 Å². The molecule has 0 fully saturated rings. The summed E-state index contributed by atoms with van der Waals surface area (Å²) < 4.78 is 0. The number of likely N-dealkylation sites (N-methyl/N-ethyl adjacent to an activating group) is 1. The molecule has 0 atom stereocenters. The maximum Gasteiger partial charge on any atom is 0.231 e. The Morgan fingerprint density at radius 2 is 2.29 bits per heavy atom. The molecule has 3 heteroatoms. The number of aromatic amines is 1. The summed E-state index contributed by atoms with van der Waals surface area (Å²) in [6.07, 6.45) is 2.44. The van der Waals surface area contributed by atoms with Crippen LogP contribution in [0.5, 0.6) is 0 Å². The van der Waals surface area contributed by atoms with Gasteiger partial charge >= 0.3 is 0 Å².